The first-order valence-electron chi connectivity index (χ1n) is 45.0. The van der Waals surface area contributed by atoms with E-state index in [1.807, 2.05) is 18.2 Å². The Hall–Kier alpha value is -5.32. The third-order valence-corrected chi connectivity index (χ3v) is 27.2. The van der Waals surface area contributed by atoms with E-state index >= 15 is 0 Å². The first-order chi connectivity index (χ1) is 58.9. The molecule has 5 fully saturated rings. The third-order valence-electron chi connectivity index (χ3n) is 27.2. The van der Waals surface area contributed by atoms with Crippen molar-refractivity contribution in [3.8, 4) is 34.5 Å². The average molecular weight is 1750 g/mol. The van der Waals surface area contributed by atoms with E-state index in [9.17, 15) is 91.9 Å². The van der Waals surface area contributed by atoms with Crippen LogP contribution in [0.4, 0.5) is 0 Å². The monoisotopic (exact) mass is 1750 g/mol. The second kappa shape index (κ2) is 41.8. The first-order valence-corrected chi connectivity index (χ1v) is 45.0. The molecule has 14 rings (SSSR count). The Balaban J connectivity index is 0.000000172. The normalized spacial score (nSPS) is 38.0. The zero-order valence-electron chi connectivity index (χ0n) is 73.7. The lowest BCUT2D eigenvalue weighted by Gasteiger charge is -2.48. The summed E-state index contributed by atoms with van der Waals surface area (Å²) >= 11 is 0. The zero-order chi connectivity index (χ0) is 89.9. The number of unbranched alkanes of at least 4 members (excludes halogenated alkanes) is 6. The number of hydrogen-bond acceptors (Lipinski definition) is 31. The zero-order valence-corrected chi connectivity index (χ0v) is 73.7. The maximum Gasteiger partial charge on any atom is 0.229 e. The molecule has 5 saturated heterocycles. The Kier molecular flexibility index (Phi) is 33.0. The number of aliphatic hydroxyl groups excluding tert-OH is 18. The van der Waals surface area contributed by atoms with Gasteiger partial charge in [0.2, 0.25) is 18.9 Å². The summed E-state index contributed by atoms with van der Waals surface area (Å²) < 4.78 is 79.3. The van der Waals surface area contributed by atoms with Gasteiger partial charge in [0.15, 0.2) is 18.7 Å². The predicted molar refractivity (Wildman–Crippen MR) is 449 cm³/mol. The van der Waals surface area contributed by atoms with Crippen LogP contribution in [0.25, 0.3) is 0 Å². The summed E-state index contributed by atoms with van der Waals surface area (Å²) in [6.45, 7) is 22.4. The van der Waals surface area contributed by atoms with Crippen molar-refractivity contribution in [3.05, 3.63) is 105 Å². The van der Waals surface area contributed by atoms with E-state index in [0.717, 1.165) is 155 Å². The summed E-state index contributed by atoms with van der Waals surface area (Å²) in [5.74, 6) is 4.29. The molecule has 31 nitrogen and oxygen atoms in total. The Bertz CT molecular complexity index is 4070. The van der Waals surface area contributed by atoms with Crippen molar-refractivity contribution in [2.45, 2.75) is 387 Å². The smallest absolute Gasteiger partial charge is 0.229 e. The summed E-state index contributed by atoms with van der Waals surface area (Å²) in [7, 11) is 0. The van der Waals surface area contributed by atoms with Gasteiger partial charge in [-0.15, -0.1) is 0 Å². The van der Waals surface area contributed by atoms with E-state index in [-0.39, 0.29) is 41.1 Å². The molecular formula is C93H140O31. The Morgan fingerprint density at radius 3 is 0.911 bits per heavy atom. The van der Waals surface area contributed by atoms with E-state index in [2.05, 4.69) is 120 Å². The quantitative estimate of drug-likeness (QED) is 0.0341. The number of aryl methyl sites for hydroxylation is 3. The second-order valence-corrected chi connectivity index (χ2v) is 37.6. The predicted octanol–water partition coefficient (Wildman–Crippen LogP) is 5.28. The molecule has 0 radical (unpaired) electrons. The molecule has 31 heteroatoms. The van der Waals surface area contributed by atoms with Crippen LogP contribution in [-0.2, 0) is 52.4 Å². The number of aliphatic hydroxyl groups is 18. The van der Waals surface area contributed by atoms with Gasteiger partial charge in [0.05, 0.1) is 33.0 Å². The van der Waals surface area contributed by atoms with Crippen LogP contribution in [0, 0.1) is 17.8 Å². The lowest BCUT2D eigenvalue weighted by molar-refractivity contribution is -0.358. The van der Waals surface area contributed by atoms with E-state index in [4.69, 9.17) is 61.6 Å². The summed E-state index contributed by atoms with van der Waals surface area (Å²) in [5.41, 5.74) is 8.33. The summed E-state index contributed by atoms with van der Waals surface area (Å²) in [6, 6.07) is 12.1. The van der Waals surface area contributed by atoms with Crippen molar-refractivity contribution in [2.24, 2.45) is 17.8 Å². The lowest BCUT2D eigenvalue weighted by Crippen LogP contribution is -2.65. The minimum absolute atomic E-state index is 0.0154. The van der Waals surface area contributed by atoms with Crippen LogP contribution < -0.4 is 28.4 Å². The topological polar surface area (TPSA) is 484 Å². The average Bonchev–Trinajstić information content (AvgIpc) is 0.742. The molecular weight excluding hydrogens is 1610 g/mol. The van der Waals surface area contributed by atoms with E-state index in [1.54, 1.807) is 0 Å². The molecule has 0 aromatic heterocycles. The molecule has 0 saturated carbocycles. The molecule has 124 heavy (non-hydrogen) atoms. The standard InChI is InChI=1S/2C33H50O12.C27H40O7/c1-5-6-7-8-17-12-20(24-18-11-16(2)9-10-19(18)33(3,4)45-21(24)13-17)41-32-29(40)30(26(37)23(15-35)43-32)44-31-28(39)27(38)25(36)22(14-34)42-31;1-5-6-7-8-17-12-20(24-18-11-16(2)9-10-19(18)33(3,4)45-21(24)13-17)41-32-30(28(39)26(37)23(15-35)43-32)44-31-29(40)27(38)25(36)22(14-34)42-31;1-5-6-7-8-16-12-19(32-26-25(31)24(30)23(29)21(14-28)33-26)22-17-11-15(2)9-10-18(17)27(3,4)34-20(22)13-16/h2*11-13,18-19,22-23,25-32,34-40H,5-10,14-15H2,1-4H3;11-13,17-18,21,23-26,28-31H,5-10,14H2,1-4H3/t18-,19-,22-,23-,25-,26-,27+,28-,29-,30+,31+,32-;18-,19-,22-,23-,25-,26-,27+,28+,29-,30-,31+,32-;17-,18-,21-,23-,24+,25-,26-/m111/s1. The van der Waals surface area contributed by atoms with Gasteiger partial charge in [-0.2, -0.15) is 0 Å². The van der Waals surface area contributed by atoms with Crippen LogP contribution in [0.2, 0.25) is 0 Å². The number of benzene rings is 3. The fourth-order valence-electron chi connectivity index (χ4n) is 20.0. The molecule has 698 valence electrons. The molecule has 31 atom stereocenters. The van der Waals surface area contributed by atoms with Gasteiger partial charge in [0.1, 0.15) is 167 Å². The van der Waals surface area contributed by atoms with E-state index in [1.165, 1.54) is 16.7 Å². The SMILES string of the molecule is CCCCCc1cc(O[C@@H]2O[C@H](CO)[C@@H](O)[C@H](O)[C@H]2O)c2c(c1)OC(C)(C)[C@@H]1CCC(C)=C[C@@H]21.CCCCCc1cc(O[C@@H]2O[C@H](CO)[C@@H](O)[C@H](O)[C@H]2O[C@@H]2O[C@H](CO)[C@@H](O)[C@H](O)[C@H]2O)c2c(c1)OC(C)(C)[C@@H]1CCC(C)=C[C@@H]21.CCCCCc1cc(O[C@@H]2O[C@H](CO)[C@@H](O)[C@H](O[C@@H]3O[C@H](CO)[C@@H](O)[C@H](O)[C@H]3O)[C@H]2O)c2c(c1)OC(C)(C)[C@@H]1CCC(C)=C[C@@H]21. The minimum Gasteiger partial charge on any atom is -0.487 e. The molecule has 11 aliphatic rings. The minimum atomic E-state index is -1.76. The number of fused-ring (bicyclic) bond motifs is 9. The largest absolute Gasteiger partial charge is 0.487 e. The van der Waals surface area contributed by atoms with Crippen molar-refractivity contribution in [2.75, 3.05) is 33.0 Å². The summed E-state index contributed by atoms with van der Waals surface area (Å²) in [6.07, 6.45) is -12.8. The highest BCUT2D eigenvalue weighted by Gasteiger charge is 2.57. The Morgan fingerprint density at radius 2 is 0.589 bits per heavy atom. The summed E-state index contributed by atoms with van der Waals surface area (Å²) in [5, 5.41) is 186. The highest BCUT2D eigenvalue weighted by atomic mass is 16.8. The molecule has 3 aromatic rings. The Labute approximate surface area is 727 Å². The molecule has 8 heterocycles. The number of rotatable bonds is 27. The van der Waals surface area contributed by atoms with E-state index < -0.39 is 198 Å². The molecule has 3 aromatic carbocycles. The molecule has 0 spiro atoms. The van der Waals surface area contributed by atoms with Crippen LogP contribution in [0.1, 0.15) is 231 Å². The van der Waals surface area contributed by atoms with Gasteiger partial charge in [-0.05, 0) is 192 Å². The highest BCUT2D eigenvalue weighted by molar-refractivity contribution is 5.58. The van der Waals surface area contributed by atoms with E-state index in [0.29, 0.717) is 28.7 Å². The number of ether oxygens (including phenoxy) is 13. The van der Waals surface area contributed by atoms with Gasteiger partial charge < -0.3 is 153 Å². The number of allylic oxidation sites excluding steroid dienone is 6. The van der Waals surface area contributed by atoms with Crippen molar-refractivity contribution in [3.63, 3.8) is 0 Å². The molecule has 18 N–H and O–H groups in total. The van der Waals surface area contributed by atoms with Crippen molar-refractivity contribution < 1.29 is 153 Å². The van der Waals surface area contributed by atoms with Gasteiger partial charge in [-0.1, -0.05) is 94.2 Å². The maximum absolute atomic E-state index is 11.5. The van der Waals surface area contributed by atoms with Crippen molar-refractivity contribution in [1.82, 2.24) is 0 Å². The fraction of sp³-hybridized carbons (Fsp3) is 0.742. The van der Waals surface area contributed by atoms with Crippen LogP contribution in [0.3, 0.4) is 0 Å². The second-order valence-electron chi connectivity index (χ2n) is 37.6. The maximum atomic E-state index is 11.5. The lowest BCUT2D eigenvalue weighted by atomic mass is 9.68. The molecule has 8 aliphatic heterocycles. The summed E-state index contributed by atoms with van der Waals surface area (Å²) in [4.78, 5) is 0. The molecule has 0 amide bonds. The van der Waals surface area contributed by atoms with Crippen LogP contribution in [-0.4, -0.2) is 295 Å². The van der Waals surface area contributed by atoms with Crippen LogP contribution >= 0.6 is 0 Å². The Morgan fingerprint density at radius 1 is 0.315 bits per heavy atom. The third kappa shape index (κ3) is 21.2. The van der Waals surface area contributed by atoms with Gasteiger partial charge in [0, 0.05) is 52.2 Å². The van der Waals surface area contributed by atoms with Crippen molar-refractivity contribution >= 4 is 0 Å². The molecule has 3 aliphatic carbocycles. The number of hydrogen-bond donors (Lipinski definition) is 18. The van der Waals surface area contributed by atoms with Crippen LogP contribution in [0.5, 0.6) is 34.5 Å². The van der Waals surface area contributed by atoms with Crippen molar-refractivity contribution in [1.29, 1.82) is 0 Å². The fourth-order valence-corrected chi connectivity index (χ4v) is 20.0. The molecule has 0 unspecified atom stereocenters. The van der Waals surface area contributed by atoms with Gasteiger partial charge in [-0.25, -0.2) is 0 Å². The first kappa shape index (κ1) is 97.7. The van der Waals surface area contributed by atoms with Crippen LogP contribution in [0.15, 0.2) is 71.3 Å². The molecule has 0 bridgehead atoms. The highest BCUT2D eigenvalue weighted by Crippen LogP contribution is 2.58. The van der Waals surface area contributed by atoms with Gasteiger partial charge in [-0.3, -0.25) is 0 Å². The van der Waals surface area contributed by atoms with Gasteiger partial charge >= 0.3 is 0 Å². The van der Waals surface area contributed by atoms with Gasteiger partial charge in [0.25, 0.3) is 0 Å².